The summed E-state index contributed by atoms with van der Waals surface area (Å²) in [7, 11) is 1.79. The molecule has 0 aromatic carbocycles. The molecule has 1 N–H and O–H groups in total. The Balaban J connectivity index is 0.00000484. The van der Waals surface area contributed by atoms with Crippen LogP contribution in [0.1, 0.15) is 59.3 Å². The molecule has 0 aromatic heterocycles. The van der Waals surface area contributed by atoms with Gasteiger partial charge in [-0.2, -0.15) is 0 Å². The molecule has 0 spiro atoms. The second-order valence-electron chi connectivity index (χ2n) is 6.89. The lowest BCUT2D eigenvalue weighted by atomic mass is 10.0. The van der Waals surface area contributed by atoms with Crippen molar-refractivity contribution >= 4 is 29.9 Å². The lowest BCUT2D eigenvalue weighted by Crippen LogP contribution is -2.40. The van der Waals surface area contributed by atoms with E-state index in [4.69, 9.17) is 9.73 Å². The fourth-order valence-corrected chi connectivity index (χ4v) is 3.03. The van der Waals surface area contributed by atoms with Gasteiger partial charge < -0.3 is 15.0 Å². The predicted octanol–water partition coefficient (Wildman–Crippen LogP) is 4.14. The summed E-state index contributed by atoms with van der Waals surface area (Å²) < 4.78 is 5.28. The molecule has 1 atom stereocenters. The number of rotatable bonds is 10. The highest BCUT2D eigenvalue weighted by Crippen LogP contribution is 2.16. The summed E-state index contributed by atoms with van der Waals surface area (Å²) in [6, 6.07) is 0. The first kappa shape index (κ1) is 23.0. The quantitative estimate of drug-likeness (QED) is 0.241. The smallest absolute Gasteiger partial charge is 0.193 e. The van der Waals surface area contributed by atoms with Crippen LogP contribution >= 0.6 is 24.0 Å². The van der Waals surface area contributed by atoms with Crippen LogP contribution in [0.3, 0.4) is 0 Å². The summed E-state index contributed by atoms with van der Waals surface area (Å²) in [4.78, 5) is 7.21. The van der Waals surface area contributed by atoms with E-state index >= 15 is 0 Å². The first-order valence-electron chi connectivity index (χ1n) is 9.19. The van der Waals surface area contributed by atoms with Gasteiger partial charge in [-0.1, -0.05) is 39.5 Å². The van der Waals surface area contributed by atoms with Crippen LogP contribution in [0.4, 0.5) is 0 Å². The molecule has 1 fully saturated rings. The van der Waals surface area contributed by atoms with Crippen LogP contribution in [-0.4, -0.2) is 50.8 Å². The number of nitrogens with one attached hydrogen (secondary N) is 1. The minimum atomic E-state index is 0. The van der Waals surface area contributed by atoms with E-state index in [1.807, 2.05) is 0 Å². The topological polar surface area (TPSA) is 36.9 Å². The van der Waals surface area contributed by atoms with Gasteiger partial charge in [-0.15, -0.1) is 24.0 Å². The number of guanidine groups is 1. The number of hydrogen-bond acceptors (Lipinski definition) is 2. The van der Waals surface area contributed by atoms with Gasteiger partial charge in [0.1, 0.15) is 0 Å². The molecular weight excluding hydrogens is 401 g/mol. The maximum absolute atomic E-state index is 5.28. The molecule has 1 unspecified atom stereocenters. The summed E-state index contributed by atoms with van der Waals surface area (Å²) in [6.45, 7) is 11.7. The maximum atomic E-state index is 5.28. The third kappa shape index (κ3) is 10.4. The summed E-state index contributed by atoms with van der Waals surface area (Å²) in [5.41, 5.74) is 0. The highest BCUT2D eigenvalue weighted by atomic mass is 127. The molecule has 1 aliphatic rings. The van der Waals surface area contributed by atoms with Crippen LogP contribution < -0.4 is 5.32 Å². The van der Waals surface area contributed by atoms with Gasteiger partial charge in [0.05, 0.1) is 6.61 Å². The molecule has 0 aliphatic carbocycles. The number of methoxy groups -OCH3 is 1. The minimum absolute atomic E-state index is 0. The average molecular weight is 439 g/mol. The van der Waals surface area contributed by atoms with Crippen molar-refractivity contribution in [1.82, 2.24) is 10.2 Å². The zero-order chi connectivity index (χ0) is 16.2. The van der Waals surface area contributed by atoms with E-state index in [1.165, 1.54) is 38.5 Å². The van der Waals surface area contributed by atoms with Crippen LogP contribution in [-0.2, 0) is 4.74 Å². The molecule has 23 heavy (non-hydrogen) atoms. The second-order valence-corrected chi connectivity index (χ2v) is 6.89. The fraction of sp³-hybridized carbons (Fsp3) is 0.944. The van der Waals surface area contributed by atoms with Gasteiger partial charge in [0.2, 0.25) is 0 Å². The minimum Gasteiger partial charge on any atom is -0.384 e. The van der Waals surface area contributed by atoms with Gasteiger partial charge in [0, 0.05) is 39.2 Å². The molecule has 0 amide bonds. The van der Waals surface area contributed by atoms with Crippen molar-refractivity contribution in [2.75, 3.05) is 39.9 Å². The Morgan fingerprint density at radius 2 is 2.00 bits per heavy atom. The predicted molar refractivity (Wildman–Crippen MR) is 111 cm³/mol. The number of hydrogen-bond donors (Lipinski definition) is 1. The summed E-state index contributed by atoms with van der Waals surface area (Å²) >= 11 is 0. The Labute approximate surface area is 160 Å². The molecule has 0 saturated carbocycles. The van der Waals surface area contributed by atoms with E-state index in [2.05, 4.69) is 31.0 Å². The van der Waals surface area contributed by atoms with E-state index in [0.29, 0.717) is 5.92 Å². The van der Waals surface area contributed by atoms with Gasteiger partial charge in [-0.25, -0.2) is 0 Å². The molecule has 1 rings (SSSR count). The van der Waals surface area contributed by atoms with Crippen molar-refractivity contribution in [1.29, 1.82) is 0 Å². The van der Waals surface area contributed by atoms with Crippen molar-refractivity contribution in [3.63, 3.8) is 0 Å². The normalized spacial score (nSPS) is 18.4. The Bertz CT molecular complexity index is 311. The SMILES string of the molecule is CCNC(=NCCCCCCC(C)C)N1CCC(COC)C1.I. The summed E-state index contributed by atoms with van der Waals surface area (Å²) in [6.07, 6.45) is 7.81. The van der Waals surface area contributed by atoms with Gasteiger partial charge in [0.15, 0.2) is 5.96 Å². The van der Waals surface area contributed by atoms with Crippen LogP contribution in [0.5, 0.6) is 0 Å². The Morgan fingerprint density at radius 3 is 2.65 bits per heavy atom. The molecule has 5 heteroatoms. The van der Waals surface area contributed by atoms with E-state index in [0.717, 1.165) is 44.7 Å². The van der Waals surface area contributed by atoms with Crippen LogP contribution in [0.2, 0.25) is 0 Å². The highest BCUT2D eigenvalue weighted by molar-refractivity contribution is 14.0. The third-order valence-corrected chi connectivity index (χ3v) is 4.27. The van der Waals surface area contributed by atoms with Gasteiger partial charge in [0.25, 0.3) is 0 Å². The average Bonchev–Trinajstić information content (AvgIpc) is 2.93. The Kier molecular flexibility index (Phi) is 14.3. The molecule has 1 heterocycles. The Morgan fingerprint density at radius 1 is 1.26 bits per heavy atom. The van der Waals surface area contributed by atoms with E-state index in [1.54, 1.807) is 7.11 Å². The molecular formula is C18H38IN3O. The highest BCUT2D eigenvalue weighted by Gasteiger charge is 2.24. The third-order valence-electron chi connectivity index (χ3n) is 4.27. The number of ether oxygens (including phenoxy) is 1. The molecule has 1 aliphatic heterocycles. The molecule has 0 radical (unpaired) electrons. The number of likely N-dealkylation sites (tertiary alicyclic amines) is 1. The monoisotopic (exact) mass is 439 g/mol. The molecule has 4 nitrogen and oxygen atoms in total. The zero-order valence-electron chi connectivity index (χ0n) is 15.6. The van der Waals surface area contributed by atoms with E-state index < -0.39 is 0 Å². The molecule has 1 saturated heterocycles. The van der Waals surface area contributed by atoms with E-state index in [-0.39, 0.29) is 24.0 Å². The molecule has 138 valence electrons. The number of aliphatic imine (C=N–C) groups is 1. The van der Waals surface area contributed by atoms with Crippen molar-refractivity contribution in [2.24, 2.45) is 16.8 Å². The zero-order valence-corrected chi connectivity index (χ0v) is 18.0. The maximum Gasteiger partial charge on any atom is 0.193 e. The van der Waals surface area contributed by atoms with Crippen LogP contribution in [0, 0.1) is 11.8 Å². The van der Waals surface area contributed by atoms with Crippen molar-refractivity contribution in [3.8, 4) is 0 Å². The number of halogens is 1. The molecule has 0 bridgehead atoms. The van der Waals surface area contributed by atoms with Crippen LogP contribution in [0.15, 0.2) is 4.99 Å². The number of nitrogens with zero attached hydrogens (tertiary/aromatic N) is 2. The van der Waals surface area contributed by atoms with E-state index in [9.17, 15) is 0 Å². The van der Waals surface area contributed by atoms with Crippen molar-refractivity contribution in [3.05, 3.63) is 0 Å². The second kappa shape index (κ2) is 14.3. The Hall–Kier alpha value is -0.0400. The fourth-order valence-electron chi connectivity index (χ4n) is 3.03. The van der Waals surface area contributed by atoms with Crippen molar-refractivity contribution < 1.29 is 4.74 Å². The summed E-state index contributed by atoms with van der Waals surface area (Å²) in [5.74, 6) is 2.60. The lowest BCUT2D eigenvalue weighted by molar-refractivity contribution is 0.157. The lowest BCUT2D eigenvalue weighted by Gasteiger charge is -2.21. The summed E-state index contributed by atoms with van der Waals surface area (Å²) in [5, 5.41) is 3.44. The van der Waals surface area contributed by atoms with Gasteiger partial charge >= 0.3 is 0 Å². The first-order chi connectivity index (χ1) is 10.7. The largest absolute Gasteiger partial charge is 0.384 e. The van der Waals surface area contributed by atoms with Gasteiger partial charge in [-0.3, -0.25) is 4.99 Å². The van der Waals surface area contributed by atoms with Crippen LogP contribution in [0.25, 0.3) is 0 Å². The standard InChI is InChI=1S/C18H37N3O.HI/c1-5-19-18(21-13-11-17(14-21)15-22-4)20-12-9-7-6-8-10-16(2)3;/h16-17H,5-15H2,1-4H3,(H,19,20);1H. The first-order valence-corrected chi connectivity index (χ1v) is 9.19. The number of unbranched alkanes of at least 4 members (excludes halogenated alkanes) is 3. The van der Waals surface area contributed by atoms with Gasteiger partial charge in [-0.05, 0) is 25.7 Å². The van der Waals surface area contributed by atoms with Crippen molar-refractivity contribution in [2.45, 2.75) is 59.3 Å². The molecule has 0 aromatic rings.